The number of halogens is 5. The van der Waals surface area contributed by atoms with Crippen LogP contribution in [-0.2, 0) is 0 Å². The summed E-state index contributed by atoms with van der Waals surface area (Å²) in [5, 5.41) is 7.11. The summed E-state index contributed by atoms with van der Waals surface area (Å²) >= 11 is 12.2. The second-order valence-corrected chi connectivity index (χ2v) is 8.25. The number of aromatic nitrogens is 4. The molecule has 182 valence electrons. The first-order chi connectivity index (χ1) is 16.1. The number of urea groups is 1. The Balaban J connectivity index is 1.48. The maximum Gasteiger partial charge on any atom is 0.573 e. The normalized spacial score (nSPS) is 16.7. The zero-order valence-electron chi connectivity index (χ0n) is 17.7. The minimum absolute atomic E-state index is 0.0486. The number of carbonyl (C=O) groups is 1. The molecular formula is C19H19Cl2F3N8O2. The highest BCUT2D eigenvalue weighted by Crippen LogP contribution is 2.31. The van der Waals surface area contributed by atoms with E-state index in [2.05, 4.69) is 25.1 Å². The minimum Gasteiger partial charge on any atom is -0.406 e. The number of nitrogens with one attached hydrogen (secondary N) is 1. The Morgan fingerprint density at radius 2 is 2.03 bits per heavy atom. The van der Waals surface area contributed by atoms with Crippen LogP contribution in [0.2, 0.25) is 10.0 Å². The van der Waals surface area contributed by atoms with Crippen molar-refractivity contribution in [3.8, 4) is 5.75 Å². The maximum atomic E-state index is 12.9. The second kappa shape index (κ2) is 9.22. The number of piperazine rings is 1. The summed E-state index contributed by atoms with van der Waals surface area (Å²) < 4.78 is 42.5. The van der Waals surface area contributed by atoms with Gasteiger partial charge in [-0.2, -0.15) is 19.6 Å². The third-order valence-corrected chi connectivity index (χ3v) is 5.82. The van der Waals surface area contributed by atoms with Gasteiger partial charge in [-0.3, -0.25) is 0 Å². The van der Waals surface area contributed by atoms with Crippen LogP contribution in [0.15, 0.2) is 24.4 Å². The maximum absolute atomic E-state index is 12.9. The highest BCUT2D eigenvalue weighted by Gasteiger charge is 2.33. The van der Waals surface area contributed by atoms with Crippen molar-refractivity contribution in [3.63, 3.8) is 0 Å². The fourth-order valence-electron chi connectivity index (χ4n) is 3.68. The average molecular weight is 519 g/mol. The number of hydrogen-bond acceptors (Lipinski definition) is 7. The number of nitrogens with zero attached hydrogens (tertiary/aromatic N) is 6. The van der Waals surface area contributed by atoms with Crippen molar-refractivity contribution >= 4 is 52.5 Å². The Morgan fingerprint density at radius 1 is 1.26 bits per heavy atom. The number of hydrogen-bond donors (Lipinski definition) is 2. The van der Waals surface area contributed by atoms with Crippen molar-refractivity contribution in [1.82, 2.24) is 24.5 Å². The van der Waals surface area contributed by atoms with Crippen LogP contribution in [0.4, 0.5) is 35.5 Å². The Kier molecular flexibility index (Phi) is 6.49. The summed E-state index contributed by atoms with van der Waals surface area (Å²) in [5.41, 5.74) is 6.40. The fraction of sp³-hybridized carbons (Fsp3) is 0.368. The molecule has 2 amide bonds. The van der Waals surface area contributed by atoms with Gasteiger partial charge in [-0.25, -0.2) is 4.79 Å². The van der Waals surface area contributed by atoms with Crippen LogP contribution < -0.4 is 20.7 Å². The summed E-state index contributed by atoms with van der Waals surface area (Å²) in [5.74, 6) is 0.0291. The van der Waals surface area contributed by atoms with Crippen LogP contribution in [0.25, 0.3) is 5.65 Å². The fourth-order valence-corrected chi connectivity index (χ4v) is 4.06. The monoisotopic (exact) mass is 518 g/mol. The molecule has 3 heterocycles. The molecule has 1 aliphatic heterocycles. The molecule has 10 nitrogen and oxygen atoms in total. The highest BCUT2D eigenvalue weighted by atomic mass is 35.5. The van der Waals surface area contributed by atoms with Crippen molar-refractivity contribution in [2.75, 3.05) is 35.6 Å². The lowest BCUT2D eigenvalue weighted by atomic mass is 10.1. The van der Waals surface area contributed by atoms with Gasteiger partial charge in [0.25, 0.3) is 0 Å². The molecule has 0 aliphatic carbocycles. The molecule has 1 fully saturated rings. The van der Waals surface area contributed by atoms with Crippen LogP contribution in [0.3, 0.4) is 0 Å². The largest absolute Gasteiger partial charge is 0.573 e. The van der Waals surface area contributed by atoms with Crippen molar-refractivity contribution in [3.05, 3.63) is 34.4 Å². The van der Waals surface area contributed by atoms with E-state index in [1.54, 1.807) is 4.90 Å². The standard InChI is InChI=1S/C19H19Cl2F3N8O2/c1-2-10-9-30(18(33)27-14-4-3-11(7-12(14)20)34-19(22,23)24)5-6-31(10)17-29-16(25)28-15-13(21)8-26-32(15)17/h3-4,7-8,10H,2,5-6,9H2,1H3,(H2,25,28)(H,27,33)/t10-/m0/s1. The molecule has 15 heteroatoms. The van der Waals surface area contributed by atoms with Gasteiger partial charge in [0.2, 0.25) is 11.9 Å². The van der Waals surface area contributed by atoms with E-state index in [-0.39, 0.29) is 22.7 Å². The molecule has 3 N–H and O–H groups in total. The van der Waals surface area contributed by atoms with Gasteiger partial charge in [0, 0.05) is 31.7 Å². The number of benzene rings is 1. The van der Waals surface area contributed by atoms with Gasteiger partial charge < -0.3 is 25.6 Å². The summed E-state index contributed by atoms with van der Waals surface area (Å²) in [6.07, 6.45) is -2.72. The number of amides is 2. The summed E-state index contributed by atoms with van der Waals surface area (Å²) in [6, 6.07) is 2.73. The SMILES string of the molecule is CC[C@H]1CN(C(=O)Nc2ccc(OC(F)(F)F)cc2Cl)CCN1c1nc(N)nc2c(Cl)cnn12. The Hall–Kier alpha value is -3.19. The number of carbonyl (C=O) groups excluding carboxylic acids is 1. The number of rotatable bonds is 4. The molecule has 1 atom stereocenters. The van der Waals surface area contributed by atoms with E-state index in [0.717, 1.165) is 12.1 Å². The first-order valence-corrected chi connectivity index (χ1v) is 10.9. The smallest absolute Gasteiger partial charge is 0.406 e. The van der Waals surface area contributed by atoms with Gasteiger partial charge in [0.05, 0.1) is 16.9 Å². The highest BCUT2D eigenvalue weighted by molar-refractivity contribution is 6.34. The van der Waals surface area contributed by atoms with Crippen molar-refractivity contribution in [2.24, 2.45) is 0 Å². The van der Waals surface area contributed by atoms with Gasteiger partial charge >= 0.3 is 12.4 Å². The van der Waals surface area contributed by atoms with E-state index in [1.807, 2.05) is 11.8 Å². The summed E-state index contributed by atoms with van der Waals surface area (Å²) in [4.78, 5) is 24.9. The lowest BCUT2D eigenvalue weighted by Crippen LogP contribution is -2.56. The molecular weight excluding hydrogens is 500 g/mol. The Labute approximate surface area is 201 Å². The Bertz CT molecular complexity index is 1220. The average Bonchev–Trinajstić information content (AvgIpc) is 3.14. The summed E-state index contributed by atoms with van der Waals surface area (Å²) in [7, 11) is 0. The van der Waals surface area contributed by atoms with E-state index in [9.17, 15) is 18.0 Å². The summed E-state index contributed by atoms with van der Waals surface area (Å²) in [6.45, 7) is 3.05. The Morgan fingerprint density at radius 3 is 2.71 bits per heavy atom. The van der Waals surface area contributed by atoms with E-state index in [4.69, 9.17) is 28.9 Å². The minimum atomic E-state index is -4.84. The lowest BCUT2D eigenvalue weighted by molar-refractivity contribution is -0.274. The molecule has 3 aromatic rings. The number of fused-ring (bicyclic) bond motifs is 1. The van der Waals surface area contributed by atoms with Gasteiger partial charge in [-0.15, -0.1) is 13.2 Å². The number of nitrogens with two attached hydrogens (primary N) is 1. The van der Waals surface area contributed by atoms with Crippen LogP contribution in [0.1, 0.15) is 13.3 Å². The van der Waals surface area contributed by atoms with E-state index in [0.29, 0.717) is 42.7 Å². The number of alkyl halides is 3. The second-order valence-electron chi connectivity index (χ2n) is 7.43. The third kappa shape index (κ3) is 4.99. The zero-order chi connectivity index (χ0) is 24.6. The van der Waals surface area contributed by atoms with Crippen LogP contribution in [-0.4, -0.2) is 62.6 Å². The molecule has 0 radical (unpaired) electrons. The molecule has 4 rings (SSSR count). The van der Waals surface area contributed by atoms with Crippen LogP contribution in [0.5, 0.6) is 5.75 Å². The van der Waals surface area contributed by atoms with Gasteiger partial charge in [0.15, 0.2) is 5.65 Å². The topological polar surface area (TPSA) is 114 Å². The van der Waals surface area contributed by atoms with E-state index >= 15 is 0 Å². The molecule has 0 bridgehead atoms. The predicted molar refractivity (Wildman–Crippen MR) is 120 cm³/mol. The van der Waals surface area contributed by atoms with Gasteiger partial charge in [0.1, 0.15) is 10.8 Å². The molecule has 0 saturated carbocycles. The molecule has 0 spiro atoms. The van der Waals surface area contributed by atoms with Gasteiger partial charge in [-0.05, 0) is 18.6 Å². The zero-order valence-corrected chi connectivity index (χ0v) is 19.2. The molecule has 2 aromatic heterocycles. The number of anilines is 3. The van der Waals surface area contributed by atoms with E-state index < -0.39 is 18.1 Å². The lowest BCUT2D eigenvalue weighted by Gasteiger charge is -2.41. The molecule has 1 aromatic carbocycles. The quantitative estimate of drug-likeness (QED) is 0.535. The van der Waals surface area contributed by atoms with Crippen LogP contribution in [0, 0.1) is 0 Å². The van der Waals surface area contributed by atoms with E-state index in [1.165, 1.54) is 16.8 Å². The number of nitrogen functional groups attached to an aromatic ring is 1. The molecule has 1 aliphatic rings. The van der Waals surface area contributed by atoms with Gasteiger partial charge in [-0.1, -0.05) is 30.1 Å². The predicted octanol–water partition coefficient (Wildman–Crippen LogP) is 4.04. The molecule has 34 heavy (non-hydrogen) atoms. The first-order valence-electron chi connectivity index (χ1n) is 10.1. The van der Waals surface area contributed by atoms with Crippen molar-refractivity contribution in [1.29, 1.82) is 0 Å². The molecule has 1 saturated heterocycles. The van der Waals surface area contributed by atoms with Crippen molar-refractivity contribution < 1.29 is 22.7 Å². The first kappa shape index (κ1) is 24.0. The third-order valence-electron chi connectivity index (χ3n) is 5.24. The number of ether oxygens (including phenoxy) is 1. The van der Waals surface area contributed by atoms with Crippen LogP contribution >= 0.6 is 23.2 Å². The molecule has 0 unspecified atom stereocenters. The van der Waals surface area contributed by atoms with Crippen molar-refractivity contribution in [2.45, 2.75) is 25.7 Å².